The van der Waals surface area contributed by atoms with Gasteiger partial charge in [-0.1, -0.05) is 12.1 Å². The Hall–Kier alpha value is -2.38. The zero-order valence-electron chi connectivity index (χ0n) is 16.6. The van der Waals surface area contributed by atoms with E-state index in [0.717, 1.165) is 31.8 Å². The number of aromatic nitrogens is 1. The van der Waals surface area contributed by atoms with Crippen LogP contribution in [0.4, 0.5) is 0 Å². The van der Waals surface area contributed by atoms with Gasteiger partial charge in [0.05, 0.1) is 23.4 Å². The summed E-state index contributed by atoms with van der Waals surface area (Å²) in [4.78, 5) is 17.0. The number of oxazole rings is 1. The van der Waals surface area contributed by atoms with Gasteiger partial charge in [-0.2, -0.15) is 0 Å². The van der Waals surface area contributed by atoms with E-state index in [4.69, 9.17) is 9.15 Å². The lowest BCUT2D eigenvalue weighted by Gasteiger charge is -2.31. The largest absolute Gasteiger partial charge is 0.497 e. The Bertz CT molecular complexity index is 1030. The van der Waals surface area contributed by atoms with E-state index < -0.39 is 16.6 Å². The van der Waals surface area contributed by atoms with Gasteiger partial charge in [0.1, 0.15) is 5.75 Å². The van der Waals surface area contributed by atoms with Crippen molar-refractivity contribution in [2.45, 2.75) is 24.2 Å². The number of fused-ring (bicyclic) bond motifs is 1. The third-order valence-electron chi connectivity index (χ3n) is 5.64. The van der Waals surface area contributed by atoms with Crippen LogP contribution in [-0.2, 0) is 17.2 Å². The molecule has 3 aromatic rings. The van der Waals surface area contributed by atoms with Crippen LogP contribution in [0.3, 0.4) is 0 Å². The normalized spacial score (nSPS) is 16.9. The summed E-state index contributed by atoms with van der Waals surface area (Å²) in [6.07, 6.45) is 3.43. The zero-order valence-corrected chi connectivity index (χ0v) is 17.4. The van der Waals surface area contributed by atoms with Crippen LogP contribution in [0.2, 0.25) is 0 Å². The summed E-state index contributed by atoms with van der Waals surface area (Å²) in [5, 5.41) is 0. The molecule has 0 radical (unpaired) electrons. The molecule has 154 valence electrons. The first-order chi connectivity index (χ1) is 14.1. The van der Waals surface area contributed by atoms with Crippen molar-refractivity contribution >= 4 is 21.9 Å². The number of rotatable bonds is 7. The standard InChI is InChI=1S/C22H26N2O4S/c1-27-18-4-2-16(3-5-18)14-17-8-10-24(11-9-17)12-13-29(26)19-6-7-20-21(15-19)28-22(25)23-20/h2-7,15,17H,8-14H2,1H3,(H,23,25). The molecule has 0 amide bonds. The Morgan fingerprint density at radius 3 is 2.66 bits per heavy atom. The SMILES string of the molecule is COc1ccc(CC2CCN(CCS(=O)c3ccc4[nH]c(=O)oc4c3)CC2)cc1. The number of benzene rings is 2. The van der Waals surface area contributed by atoms with Crippen molar-refractivity contribution in [2.24, 2.45) is 5.92 Å². The number of hydrogen-bond acceptors (Lipinski definition) is 5. The first-order valence-electron chi connectivity index (χ1n) is 9.97. The highest BCUT2D eigenvalue weighted by Gasteiger charge is 2.20. The summed E-state index contributed by atoms with van der Waals surface area (Å²) in [7, 11) is 0.584. The second-order valence-electron chi connectivity index (χ2n) is 7.56. The van der Waals surface area contributed by atoms with Gasteiger partial charge in [0.15, 0.2) is 5.58 Å². The van der Waals surface area contributed by atoms with Gasteiger partial charge < -0.3 is 14.1 Å². The minimum Gasteiger partial charge on any atom is -0.497 e. The lowest BCUT2D eigenvalue weighted by molar-refractivity contribution is 0.193. The van der Waals surface area contributed by atoms with Crippen LogP contribution in [0.1, 0.15) is 18.4 Å². The van der Waals surface area contributed by atoms with Crippen LogP contribution in [0.25, 0.3) is 11.1 Å². The zero-order chi connectivity index (χ0) is 20.2. The molecule has 1 aliphatic heterocycles. The Balaban J connectivity index is 1.24. The van der Waals surface area contributed by atoms with Crippen molar-refractivity contribution in [2.75, 3.05) is 32.5 Å². The van der Waals surface area contributed by atoms with Crippen LogP contribution < -0.4 is 10.5 Å². The molecule has 1 saturated heterocycles. The predicted octanol–water partition coefficient (Wildman–Crippen LogP) is 3.19. The first-order valence-corrected chi connectivity index (χ1v) is 11.3. The average Bonchev–Trinajstić information content (AvgIpc) is 3.12. The molecular weight excluding hydrogens is 388 g/mol. The second kappa shape index (κ2) is 8.97. The van der Waals surface area contributed by atoms with Gasteiger partial charge in [0.2, 0.25) is 0 Å². The van der Waals surface area contributed by atoms with Gasteiger partial charge in [-0.3, -0.25) is 9.19 Å². The van der Waals surface area contributed by atoms with Crippen molar-refractivity contribution in [3.05, 3.63) is 58.6 Å². The van der Waals surface area contributed by atoms with Gasteiger partial charge in [-0.25, -0.2) is 4.79 Å². The number of likely N-dealkylation sites (tertiary alicyclic amines) is 1. The molecule has 1 aromatic heterocycles. The highest BCUT2D eigenvalue weighted by Crippen LogP contribution is 2.23. The third kappa shape index (κ3) is 4.97. The monoisotopic (exact) mass is 414 g/mol. The molecule has 1 aliphatic rings. The maximum absolute atomic E-state index is 12.6. The van der Waals surface area contributed by atoms with Crippen molar-refractivity contribution in [3.8, 4) is 5.75 Å². The fraction of sp³-hybridized carbons (Fsp3) is 0.409. The van der Waals surface area contributed by atoms with Crippen LogP contribution in [0, 0.1) is 5.92 Å². The number of ether oxygens (including phenoxy) is 1. The van der Waals surface area contributed by atoms with E-state index in [0.29, 0.717) is 27.7 Å². The van der Waals surface area contributed by atoms with Gasteiger partial charge >= 0.3 is 5.76 Å². The number of H-pyrrole nitrogens is 1. The topological polar surface area (TPSA) is 75.5 Å². The molecule has 0 spiro atoms. The van der Waals surface area contributed by atoms with Crippen molar-refractivity contribution in [1.29, 1.82) is 0 Å². The molecule has 1 N–H and O–H groups in total. The molecule has 1 fully saturated rings. The summed E-state index contributed by atoms with van der Waals surface area (Å²) < 4.78 is 22.9. The Morgan fingerprint density at radius 1 is 1.17 bits per heavy atom. The van der Waals surface area contributed by atoms with E-state index in [9.17, 15) is 9.00 Å². The predicted molar refractivity (Wildman–Crippen MR) is 114 cm³/mol. The molecule has 6 nitrogen and oxygen atoms in total. The maximum Gasteiger partial charge on any atom is 0.417 e. The third-order valence-corrected chi connectivity index (χ3v) is 6.97. The lowest BCUT2D eigenvalue weighted by Crippen LogP contribution is -2.36. The van der Waals surface area contributed by atoms with Crippen molar-refractivity contribution in [1.82, 2.24) is 9.88 Å². The molecule has 0 saturated carbocycles. The van der Waals surface area contributed by atoms with Crippen LogP contribution in [0.15, 0.2) is 56.6 Å². The van der Waals surface area contributed by atoms with Gasteiger partial charge in [-0.15, -0.1) is 0 Å². The maximum atomic E-state index is 12.6. The molecule has 0 aliphatic carbocycles. The molecule has 0 bridgehead atoms. The number of methoxy groups -OCH3 is 1. The first kappa shape index (κ1) is 19.9. The molecule has 2 aromatic carbocycles. The summed E-state index contributed by atoms with van der Waals surface area (Å²) in [5.41, 5.74) is 2.45. The summed E-state index contributed by atoms with van der Waals surface area (Å²) in [6.45, 7) is 2.91. The van der Waals surface area contributed by atoms with Gasteiger partial charge in [-0.05, 0) is 74.2 Å². The van der Waals surface area contributed by atoms with E-state index >= 15 is 0 Å². The minimum absolute atomic E-state index is 0.459. The van der Waals surface area contributed by atoms with E-state index in [1.807, 2.05) is 12.1 Å². The molecule has 2 heterocycles. The van der Waals surface area contributed by atoms with Crippen molar-refractivity contribution < 1.29 is 13.4 Å². The summed E-state index contributed by atoms with van der Waals surface area (Å²) in [5.74, 6) is 1.70. The molecule has 4 rings (SSSR count). The van der Waals surface area contributed by atoms with Crippen LogP contribution in [0.5, 0.6) is 5.75 Å². The van der Waals surface area contributed by atoms with E-state index in [1.165, 1.54) is 18.4 Å². The molecule has 1 unspecified atom stereocenters. The molecule has 29 heavy (non-hydrogen) atoms. The van der Waals surface area contributed by atoms with E-state index in [2.05, 4.69) is 22.0 Å². The van der Waals surface area contributed by atoms with E-state index in [1.54, 1.807) is 25.3 Å². The Kier molecular flexibility index (Phi) is 6.16. The number of nitrogens with one attached hydrogen (secondary N) is 1. The fourth-order valence-corrected chi connectivity index (χ4v) is 5.02. The van der Waals surface area contributed by atoms with Gasteiger partial charge in [0, 0.05) is 17.2 Å². The highest BCUT2D eigenvalue weighted by atomic mass is 32.2. The minimum atomic E-state index is -1.10. The van der Waals surface area contributed by atoms with Gasteiger partial charge in [0.25, 0.3) is 0 Å². The summed E-state index contributed by atoms with van der Waals surface area (Å²) >= 11 is 0. The number of piperidine rings is 1. The number of nitrogens with zero attached hydrogens (tertiary/aromatic N) is 1. The molecule has 7 heteroatoms. The summed E-state index contributed by atoms with van der Waals surface area (Å²) in [6, 6.07) is 13.6. The van der Waals surface area contributed by atoms with E-state index in [-0.39, 0.29) is 0 Å². The van der Waals surface area contributed by atoms with Crippen LogP contribution in [-0.4, -0.2) is 46.6 Å². The fourth-order valence-electron chi connectivity index (χ4n) is 3.91. The smallest absolute Gasteiger partial charge is 0.417 e. The highest BCUT2D eigenvalue weighted by molar-refractivity contribution is 7.85. The second-order valence-corrected chi connectivity index (χ2v) is 9.13. The lowest BCUT2D eigenvalue weighted by atomic mass is 9.90. The number of aromatic amines is 1. The quantitative estimate of drug-likeness (QED) is 0.643. The van der Waals surface area contributed by atoms with Crippen LogP contribution >= 0.6 is 0 Å². The molecular formula is C22H26N2O4S. The van der Waals surface area contributed by atoms with Crippen molar-refractivity contribution in [3.63, 3.8) is 0 Å². The Labute approximate surface area is 172 Å². The average molecular weight is 415 g/mol. The molecule has 1 atom stereocenters. The number of hydrogen-bond donors (Lipinski definition) is 1. The Morgan fingerprint density at radius 2 is 1.93 bits per heavy atom.